The maximum absolute atomic E-state index is 13.1. The third-order valence-corrected chi connectivity index (χ3v) is 7.37. The van der Waals surface area contributed by atoms with E-state index in [2.05, 4.69) is 33.9 Å². The Hall–Kier alpha value is -1.70. The molecule has 0 aromatic carbocycles. The maximum Gasteiger partial charge on any atom is 0.237 e. The smallest absolute Gasteiger partial charge is 0.237 e. The molecular formula is C19H23N3O2S2. The van der Waals surface area contributed by atoms with Gasteiger partial charge in [0.2, 0.25) is 11.8 Å². The third-order valence-electron chi connectivity index (χ3n) is 5.45. The van der Waals surface area contributed by atoms with E-state index in [-0.39, 0.29) is 23.8 Å². The summed E-state index contributed by atoms with van der Waals surface area (Å²) < 4.78 is 0. The molecule has 2 amide bonds. The van der Waals surface area contributed by atoms with E-state index in [0.717, 1.165) is 38.9 Å². The van der Waals surface area contributed by atoms with E-state index in [4.69, 9.17) is 5.73 Å². The zero-order chi connectivity index (χ0) is 18.1. The predicted molar refractivity (Wildman–Crippen MR) is 104 cm³/mol. The van der Waals surface area contributed by atoms with Crippen molar-refractivity contribution in [2.45, 2.75) is 25.3 Å². The predicted octanol–water partition coefficient (Wildman–Crippen LogP) is 2.48. The van der Waals surface area contributed by atoms with Gasteiger partial charge in [-0.05, 0) is 60.8 Å². The second kappa shape index (κ2) is 7.50. The van der Waals surface area contributed by atoms with Gasteiger partial charge in [0.1, 0.15) is 0 Å². The highest BCUT2D eigenvalue weighted by atomic mass is 32.1. The van der Waals surface area contributed by atoms with Crippen molar-refractivity contribution >= 4 is 34.5 Å². The standard InChI is InChI=1S/C19H23N3O2S2/c20-19(24)13-3-7-21(8-4-13)12-17(23)22-9-5-15-14(6-11-26-15)18(22)16-2-1-10-25-16/h1-2,6,10-11,13,18H,3-5,7-9,12H2,(H2,20,24)/t18-/m0/s1. The van der Waals surface area contributed by atoms with Crippen molar-refractivity contribution in [3.8, 4) is 0 Å². The van der Waals surface area contributed by atoms with Crippen LogP contribution in [0.4, 0.5) is 0 Å². The van der Waals surface area contributed by atoms with Gasteiger partial charge in [0, 0.05) is 22.2 Å². The zero-order valence-electron chi connectivity index (χ0n) is 14.6. The van der Waals surface area contributed by atoms with E-state index in [1.807, 2.05) is 4.90 Å². The van der Waals surface area contributed by atoms with Crippen LogP contribution in [-0.4, -0.2) is 47.8 Å². The fourth-order valence-electron chi connectivity index (χ4n) is 4.00. The first kappa shape index (κ1) is 17.7. The molecule has 2 aromatic rings. The molecule has 7 heteroatoms. The lowest BCUT2D eigenvalue weighted by Gasteiger charge is -2.38. The van der Waals surface area contributed by atoms with E-state index in [9.17, 15) is 9.59 Å². The van der Waals surface area contributed by atoms with E-state index in [1.54, 1.807) is 22.7 Å². The number of primary amides is 1. The van der Waals surface area contributed by atoms with Crippen LogP contribution >= 0.6 is 22.7 Å². The first-order valence-electron chi connectivity index (χ1n) is 9.04. The number of hydrogen-bond donors (Lipinski definition) is 1. The number of rotatable bonds is 4. The first-order valence-corrected chi connectivity index (χ1v) is 10.8. The molecule has 0 radical (unpaired) electrons. The minimum absolute atomic E-state index is 0.0384. The molecule has 0 aliphatic carbocycles. The molecule has 0 unspecified atom stereocenters. The Balaban J connectivity index is 1.48. The van der Waals surface area contributed by atoms with Crippen LogP contribution in [0, 0.1) is 5.92 Å². The SMILES string of the molecule is NC(=O)C1CCN(CC(=O)N2CCc3sccc3[C@H]2c2cccs2)CC1. The van der Waals surface area contributed by atoms with Crippen molar-refractivity contribution in [1.29, 1.82) is 0 Å². The normalized spacial score (nSPS) is 21.5. The lowest BCUT2D eigenvalue weighted by atomic mass is 9.96. The lowest BCUT2D eigenvalue weighted by Crippen LogP contribution is -2.47. The minimum Gasteiger partial charge on any atom is -0.369 e. The first-order chi connectivity index (χ1) is 12.6. The van der Waals surface area contributed by atoms with Crippen molar-refractivity contribution in [2.24, 2.45) is 11.7 Å². The van der Waals surface area contributed by atoms with Crippen molar-refractivity contribution in [2.75, 3.05) is 26.2 Å². The number of carbonyl (C=O) groups is 2. The Morgan fingerprint density at radius 3 is 2.62 bits per heavy atom. The van der Waals surface area contributed by atoms with E-state index < -0.39 is 0 Å². The second-order valence-electron chi connectivity index (χ2n) is 7.01. The number of piperidine rings is 1. The summed E-state index contributed by atoms with van der Waals surface area (Å²) >= 11 is 3.50. The summed E-state index contributed by atoms with van der Waals surface area (Å²) in [6, 6.07) is 6.39. The molecule has 5 nitrogen and oxygen atoms in total. The molecule has 2 aliphatic rings. The highest BCUT2D eigenvalue weighted by Crippen LogP contribution is 2.39. The summed E-state index contributed by atoms with van der Waals surface area (Å²) in [6.45, 7) is 2.72. The van der Waals surface area contributed by atoms with Crippen LogP contribution in [0.2, 0.25) is 0 Å². The summed E-state index contributed by atoms with van der Waals surface area (Å²) in [5.74, 6) is -0.0731. The average Bonchev–Trinajstić information content (AvgIpc) is 3.32. The Labute approximate surface area is 161 Å². The van der Waals surface area contributed by atoms with Gasteiger partial charge in [0.15, 0.2) is 0 Å². The molecular weight excluding hydrogens is 366 g/mol. The molecule has 4 heterocycles. The maximum atomic E-state index is 13.1. The quantitative estimate of drug-likeness (QED) is 0.874. The van der Waals surface area contributed by atoms with Crippen LogP contribution in [-0.2, 0) is 16.0 Å². The summed E-state index contributed by atoms with van der Waals surface area (Å²) in [5, 5.41) is 4.21. The van der Waals surface area contributed by atoms with E-state index in [1.165, 1.54) is 15.3 Å². The van der Waals surface area contributed by atoms with Gasteiger partial charge < -0.3 is 10.6 Å². The molecule has 0 saturated carbocycles. The van der Waals surface area contributed by atoms with Crippen molar-refractivity contribution < 1.29 is 9.59 Å². The van der Waals surface area contributed by atoms with Crippen LogP contribution in [0.15, 0.2) is 29.0 Å². The van der Waals surface area contributed by atoms with Gasteiger partial charge in [-0.25, -0.2) is 0 Å². The van der Waals surface area contributed by atoms with Crippen LogP contribution in [0.3, 0.4) is 0 Å². The Morgan fingerprint density at radius 1 is 1.12 bits per heavy atom. The van der Waals surface area contributed by atoms with Gasteiger partial charge in [-0.3, -0.25) is 14.5 Å². The van der Waals surface area contributed by atoms with Gasteiger partial charge in [-0.2, -0.15) is 0 Å². The summed E-state index contributed by atoms with van der Waals surface area (Å²) in [6.07, 6.45) is 2.45. The van der Waals surface area contributed by atoms with Gasteiger partial charge in [-0.1, -0.05) is 6.07 Å². The Kier molecular flexibility index (Phi) is 5.11. The van der Waals surface area contributed by atoms with Crippen LogP contribution < -0.4 is 5.73 Å². The van der Waals surface area contributed by atoms with Gasteiger partial charge >= 0.3 is 0 Å². The monoisotopic (exact) mass is 389 g/mol. The molecule has 1 saturated heterocycles. The minimum atomic E-state index is -0.213. The molecule has 26 heavy (non-hydrogen) atoms. The number of hydrogen-bond acceptors (Lipinski definition) is 5. The molecule has 4 rings (SSSR count). The average molecular weight is 390 g/mol. The molecule has 0 bridgehead atoms. The number of carbonyl (C=O) groups excluding carboxylic acids is 2. The van der Waals surface area contributed by atoms with Gasteiger partial charge in [0.25, 0.3) is 0 Å². The largest absolute Gasteiger partial charge is 0.369 e. The van der Waals surface area contributed by atoms with Gasteiger partial charge in [-0.15, -0.1) is 22.7 Å². The van der Waals surface area contributed by atoms with Crippen LogP contribution in [0.1, 0.15) is 34.2 Å². The molecule has 1 fully saturated rings. The highest BCUT2D eigenvalue weighted by Gasteiger charge is 2.34. The number of nitrogens with two attached hydrogens (primary N) is 1. The molecule has 0 spiro atoms. The Morgan fingerprint density at radius 2 is 1.92 bits per heavy atom. The number of nitrogens with zero attached hydrogens (tertiary/aromatic N) is 2. The molecule has 2 aromatic heterocycles. The van der Waals surface area contributed by atoms with Gasteiger partial charge in [0.05, 0.1) is 12.6 Å². The molecule has 1 atom stereocenters. The molecule has 138 valence electrons. The zero-order valence-corrected chi connectivity index (χ0v) is 16.2. The van der Waals surface area contributed by atoms with Crippen LogP contribution in [0.5, 0.6) is 0 Å². The van der Waals surface area contributed by atoms with Crippen molar-refractivity contribution in [1.82, 2.24) is 9.80 Å². The van der Waals surface area contributed by atoms with E-state index in [0.29, 0.717) is 6.54 Å². The Bertz CT molecular complexity index is 779. The van der Waals surface area contributed by atoms with Crippen molar-refractivity contribution in [3.05, 3.63) is 44.3 Å². The highest BCUT2D eigenvalue weighted by molar-refractivity contribution is 7.10. The summed E-state index contributed by atoms with van der Waals surface area (Å²) in [5.41, 5.74) is 6.69. The van der Waals surface area contributed by atoms with Crippen LogP contribution in [0.25, 0.3) is 0 Å². The lowest BCUT2D eigenvalue weighted by molar-refractivity contribution is -0.135. The van der Waals surface area contributed by atoms with E-state index >= 15 is 0 Å². The molecule has 2 N–H and O–H groups in total. The third kappa shape index (κ3) is 3.43. The number of thiophene rings is 2. The number of likely N-dealkylation sites (tertiary alicyclic amines) is 1. The summed E-state index contributed by atoms with van der Waals surface area (Å²) in [7, 11) is 0. The second-order valence-corrected chi connectivity index (χ2v) is 8.99. The number of fused-ring (bicyclic) bond motifs is 1. The summed E-state index contributed by atoms with van der Waals surface area (Å²) in [4.78, 5) is 31.3. The topological polar surface area (TPSA) is 66.6 Å². The fraction of sp³-hybridized carbons (Fsp3) is 0.474. The molecule has 2 aliphatic heterocycles. The van der Waals surface area contributed by atoms with Crippen molar-refractivity contribution in [3.63, 3.8) is 0 Å². The number of amides is 2. The fourth-order valence-corrected chi connectivity index (χ4v) is 5.75.